The molecule has 0 spiro atoms. The Bertz CT molecular complexity index is 1810. The number of hydrazone groups is 1. The second-order valence-electron chi connectivity index (χ2n) is 11.0. The minimum absolute atomic E-state index is 0.00766. The molecule has 12 nitrogen and oxygen atoms in total. The largest absolute Gasteiger partial charge is 0.425 e. The van der Waals surface area contributed by atoms with E-state index in [-0.39, 0.29) is 17.5 Å². The van der Waals surface area contributed by atoms with Gasteiger partial charge in [-0.15, -0.1) is 10.2 Å². The summed E-state index contributed by atoms with van der Waals surface area (Å²) < 4.78 is 9.44. The average molecular weight is 581 g/mol. The molecule has 43 heavy (non-hydrogen) atoms. The van der Waals surface area contributed by atoms with Crippen molar-refractivity contribution in [2.45, 2.75) is 70.8 Å². The highest BCUT2D eigenvalue weighted by molar-refractivity contribution is 6.04. The van der Waals surface area contributed by atoms with Gasteiger partial charge in [0.15, 0.2) is 5.84 Å². The van der Waals surface area contributed by atoms with Crippen LogP contribution in [0.25, 0.3) is 16.9 Å². The fourth-order valence-corrected chi connectivity index (χ4v) is 6.27. The van der Waals surface area contributed by atoms with E-state index in [4.69, 9.17) is 16.1 Å². The van der Waals surface area contributed by atoms with Crippen LogP contribution < -0.4 is 22.7 Å². The van der Waals surface area contributed by atoms with E-state index < -0.39 is 0 Å². The monoisotopic (exact) mass is 580 g/mol. The molecule has 0 aliphatic heterocycles. The van der Waals surface area contributed by atoms with E-state index in [1.807, 2.05) is 45.5 Å². The molecule has 222 valence electrons. The quantitative estimate of drug-likeness (QED) is 0.107. The second kappa shape index (κ2) is 12.2. The minimum atomic E-state index is 0.00766. The average Bonchev–Trinajstić information content (AvgIpc) is 3.70. The van der Waals surface area contributed by atoms with Crippen LogP contribution in [0, 0.1) is 6.92 Å². The molecule has 6 rings (SSSR count). The number of hydrogen-bond acceptors (Lipinski definition) is 9. The van der Waals surface area contributed by atoms with Crippen LogP contribution in [0.2, 0.25) is 0 Å². The first-order valence-electron chi connectivity index (χ1n) is 14.7. The molecule has 5 aromatic rings. The van der Waals surface area contributed by atoms with Gasteiger partial charge in [0, 0.05) is 36.4 Å². The maximum Gasteiger partial charge on any atom is 0.259 e. The number of rotatable bonds is 8. The van der Waals surface area contributed by atoms with Crippen LogP contribution in [0.4, 0.5) is 0 Å². The third-order valence-electron chi connectivity index (χ3n) is 8.36. The standard InChI is InChI=1S/C31H36N10O2/c1-3-6-27-26(17-20-9-11-21(12-10-20)24-7-4-5-8-25(24)28(36-32)37-33)30(42)40(31-34-18-35-41(27)31)23-15-13-22(14-16-23)29-39-38-19(2)43-29/h4-5,7-12,18,22-23H,3,6,13-17,32-33H2,1-2H3,(H,36,37). The van der Waals surface area contributed by atoms with Crippen molar-refractivity contribution in [1.82, 2.24) is 34.8 Å². The summed E-state index contributed by atoms with van der Waals surface area (Å²) in [4.78, 5) is 18.9. The van der Waals surface area contributed by atoms with Crippen LogP contribution in [0.15, 0.2) is 69.2 Å². The molecule has 0 saturated heterocycles. The van der Waals surface area contributed by atoms with Gasteiger partial charge in [0.25, 0.3) is 5.56 Å². The van der Waals surface area contributed by atoms with Gasteiger partial charge in [-0.3, -0.25) is 9.36 Å². The van der Waals surface area contributed by atoms with Gasteiger partial charge in [-0.1, -0.05) is 61.9 Å². The van der Waals surface area contributed by atoms with Gasteiger partial charge in [-0.25, -0.2) is 10.4 Å². The van der Waals surface area contributed by atoms with Gasteiger partial charge in [0.1, 0.15) is 6.33 Å². The van der Waals surface area contributed by atoms with Crippen molar-refractivity contribution < 1.29 is 4.42 Å². The number of benzene rings is 2. The van der Waals surface area contributed by atoms with E-state index in [2.05, 4.69) is 49.9 Å². The molecule has 0 atom stereocenters. The maximum atomic E-state index is 14.3. The van der Waals surface area contributed by atoms with Crippen molar-refractivity contribution in [2.24, 2.45) is 16.8 Å². The Balaban J connectivity index is 1.33. The van der Waals surface area contributed by atoms with Crippen LogP contribution in [0.1, 0.15) is 85.2 Å². The number of fused-ring (bicyclic) bond motifs is 1. The number of nitrogens with one attached hydrogen (secondary N) is 1. The molecule has 3 aromatic heterocycles. The fourth-order valence-electron chi connectivity index (χ4n) is 6.27. The second-order valence-corrected chi connectivity index (χ2v) is 11.0. The lowest BCUT2D eigenvalue weighted by atomic mass is 9.85. The van der Waals surface area contributed by atoms with E-state index >= 15 is 0 Å². The smallest absolute Gasteiger partial charge is 0.259 e. The highest BCUT2D eigenvalue weighted by atomic mass is 16.4. The van der Waals surface area contributed by atoms with Crippen LogP contribution in [-0.4, -0.2) is 35.2 Å². The lowest BCUT2D eigenvalue weighted by Gasteiger charge is -2.29. The Kier molecular flexibility index (Phi) is 8.01. The predicted molar refractivity (Wildman–Crippen MR) is 163 cm³/mol. The Morgan fingerprint density at radius 1 is 1.09 bits per heavy atom. The van der Waals surface area contributed by atoms with Crippen molar-refractivity contribution >= 4 is 11.6 Å². The van der Waals surface area contributed by atoms with Crippen molar-refractivity contribution in [2.75, 3.05) is 0 Å². The third-order valence-corrected chi connectivity index (χ3v) is 8.36. The molecule has 0 unspecified atom stereocenters. The van der Waals surface area contributed by atoms with Crippen LogP contribution in [0.3, 0.4) is 0 Å². The topological polar surface area (TPSA) is 168 Å². The molecule has 1 aliphatic carbocycles. The molecular weight excluding hydrogens is 544 g/mol. The molecule has 1 aliphatic rings. The number of hydrazine groups is 1. The highest BCUT2D eigenvalue weighted by Crippen LogP contribution is 2.37. The first-order valence-corrected chi connectivity index (χ1v) is 14.7. The molecule has 5 N–H and O–H groups in total. The molecule has 2 aromatic carbocycles. The molecule has 12 heteroatoms. The normalized spacial score (nSPS) is 17.4. The zero-order valence-corrected chi connectivity index (χ0v) is 24.4. The number of hydrogen-bond donors (Lipinski definition) is 3. The molecule has 0 amide bonds. The van der Waals surface area contributed by atoms with Crippen molar-refractivity contribution in [3.8, 4) is 11.1 Å². The number of amidine groups is 1. The lowest BCUT2D eigenvalue weighted by Crippen LogP contribution is -2.34. The Hall–Kier alpha value is -4.84. The predicted octanol–water partition coefficient (Wildman–Crippen LogP) is 3.78. The lowest BCUT2D eigenvalue weighted by molar-refractivity contribution is 0.287. The van der Waals surface area contributed by atoms with Crippen molar-refractivity contribution in [3.05, 3.63) is 99.4 Å². The molecule has 0 radical (unpaired) electrons. The zero-order valence-electron chi connectivity index (χ0n) is 24.4. The molecule has 0 bridgehead atoms. The number of nitrogens with zero attached hydrogens (tertiary/aromatic N) is 7. The van der Waals surface area contributed by atoms with Gasteiger partial charge < -0.3 is 15.7 Å². The maximum absolute atomic E-state index is 14.3. The van der Waals surface area contributed by atoms with E-state index in [1.165, 1.54) is 0 Å². The number of aromatic nitrogens is 6. The summed E-state index contributed by atoms with van der Waals surface area (Å²) in [6, 6.07) is 16.0. The van der Waals surface area contributed by atoms with Gasteiger partial charge in [-0.05, 0) is 48.8 Å². The molecule has 1 fully saturated rings. The van der Waals surface area contributed by atoms with Crippen LogP contribution in [0.5, 0.6) is 0 Å². The summed E-state index contributed by atoms with van der Waals surface area (Å²) in [6.45, 7) is 3.92. The summed E-state index contributed by atoms with van der Waals surface area (Å²) in [5, 5.41) is 16.6. The zero-order chi connectivity index (χ0) is 29.9. The van der Waals surface area contributed by atoms with E-state index in [0.717, 1.165) is 72.0 Å². The summed E-state index contributed by atoms with van der Waals surface area (Å²) in [7, 11) is 0. The number of aryl methyl sites for hydroxylation is 2. The van der Waals surface area contributed by atoms with Crippen molar-refractivity contribution in [1.29, 1.82) is 0 Å². The van der Waals surface area contributed by atoms with Crippen LogP contribution in [-0.2, 0) is 12.8 Å². The molecular formula is C31H36N10O2. The third kappa shape index (κ3) is 5.41. The SMILES string of the molecule is CCCc1c(Cc2ccc(-c3ccccc3/C(=N/N)NN)cc2)c(=O)n(C2CCC(c3nnc(C)o3)CC2)c2ncnn12. The fraction of sp³-hybridized carbons (Fsp3) is 0.355. The van der Waals surface area contributed by atoms with Crippen LogP contribution >= 0.6 is 0 Å². The van der Waals surface area contributed by atoms with E-state index in [9.17, 15) is 4.79 Å². The first-order chi connectivity index (χ1) is 21.0. The van der Waals surface area contributed by atoms with E-state index in [0.29, 0.717) is 29.8 Å². The number of nitrogens with two attached hydrogens (primary N) is 2. The minimum Gasteiger partial charge on any atom is -0.425 e. The summed E-state index contributed by atoms with van der Waals surface area (Å²) in [5.74, 6) is 13.7. The van der Waals surface area contributed by atoms with Gasteiger partial charge >= 0.3 is 0 Å². The Labute approximate surface area is 248 Å². The first kappa shape index (κ1) is 28.3. The summed E-state index contributed by atoms with van der Waals surface area (Å²) in [5.41, 5.74) is 8.01. The van der Waals surface area contributed by atoms with Gasteiger partial charge in [0.05, 0.1) is 5.69 Å². The van der Waals surface area contributed by atoms with Gasteiger partial charge in [-0.2, -0.15) is 15.2 Å². The van der Waals surface area contributed by atoms with E-state index in [1.54, 1.807) is 13.3 Å². The Morgan fingerprint density at radius 3 is 2.53 bits per heavy atom. The molecule has 3 heterocycles. The molecule has 1 saturated carbocycles. The summed E-state index contributed by atoms with van der Waals surface area (Å²) >= 11 is 0. The van der Waals surface area contributed by atoms with Crippen molar-refractivity contribution in [3.63, 3.8) is 0 Å². The summed E-state index contributed by atoms with van der Waals surface area (Å²) in [6.07, 6.45) is 7.02. The van der Waals surface area contributed by atoms with Gasteiger partial charge in [0.2, 0.25) is 17.6 Å². The Morgan fingerprint density at radius 2 is 1.86 bits per heavy atom. The highest BCUT2D eigenvalue weighted by Gasteiger charge is 2.30.